The van der Waals surface area contributed by atoms with Gasteiger partial charge in [-0.3, -0.25) is 4.98 Å². The van der Waals surface area contributed by atoms with Crippen LogP contribution in [-0.2, 0) is 16.0 Å². The summed E-state index contributed by atoms with van der Waals surface area (Å²) in [6.45, 7) is 5.12. The third-order valence-corrected chi connectivity index (χ3v) is 3.60. The van der Waals surface area contributed by atoms with Crippen molar-refractivity contribution in [2.24, 2.45) is 0 Å². The highest BCUT2D eigenvalue weighted by molar-refractivity contribution is 6.30. The molecule has 26 heavy (non-hydrogen) atoms. The normalized spacial score (nSPS) is 12.3. The molecule has 0 saturated heterocycles. The first-order valence-corrected chi connectivity index (χ1v) is 8.46. The van der Waals surface area contributed by atoms with E-state index in [1.54, 1.807) is 45.0 Å². The Hall–Kier alpha value is -2.60. The fraction of sp³-hybridized carbons (Fsp3) is 0.316. The molecule has 1 unspecified atom stereocenters. The Balaban J connectivity index is 2.14. The molecule has 0 bridgehead atoms. The zero-order valence-corrected chi connectivity index (χ0v) is 15.6. The zero-order valence-electron chi connectivity index (χ0n) is 14.8. The number of amides is 1. The summed E-state index contributed by atoms with van der Waals surface area (Å²) < 4.78 is 5.11. The van der Waals surface area contributed by atoms with Crippen LogP contribution in [0.3, 0.4) is 0 Å². The van der Waals surface area contributed by atoms with Gasteiger partial charge in [0.05, 0.1) is 5.69 Å². The number of nitrogens with one attached hydrogen (secondary N) is 1. The second-order valence-corrected chi connectivity index (χ2v) is 7.20. The van der Waals surface area contributed by atoms with E-state index in [2.05, 4.69) is 10.3 Å². The van der Waals surface area contributed by atoms with Crippen molar-refractivity contribution < 1.29 is 19.4 Å². The topological polar surface area (TPSA) is 88.5 Å². The third-order valence-electron chi connectivity index (χ3n) is 3.35. The van der Waals surface area contributed by atoms with Crippen LogP contribution in [0.25, 0.3) is 11.3 Å². The molecule has 2 N–H and O–H groups in total. The number of ether oxygens (including phenoxy) is 1. The van der Waals surface area contributed by atoms with Crippen LogP contribution in [0.4, 0.5) is 4.79 Å². The first-order chi connectivity index (χ1) is 12.1. The summed E-state index contributed by atoms with van der Waals surface area (Å²) >= 11 is 5.89. The van der Waals surface area contributed by atoms with Gasteiger partial charge in [0.15, 0.2) is 0 Å². The van der Waals surface area contributed by atoms with Crippen LogP contribution < -0.4 is 5.32 Å². The molecule has 0 aliphatic carbocycles. The van der Waals surface area contributed by atoms with Crippen molar-refractivity contribution in [1.29, 1.82) is 0 Å². The maximum Gasteiger partial charge on any atom is 0.408 e. The lowest BCUT2D eigenvalue weighted by atomic mass is 10.1. The summed E-state index contributed by atoms with van der Waals surface area (Å²) in [5, 5.41) is 12.4. The van der Waals surface area contributed by atoms with Gasteiger partial charge < -0.3 is 15.2 Å². The van der Waals surface area contributed by atoms with Crippen molar-refractivity contribution in [3.8, 4) is 11.3 Å². The van der Waals surface area contributed by atoms with Crippen molar-refractivity contribution in [2.45, 2.75) is 38.8 Å². The highest BCUT2D eigenvalue weighted by Crippen LogP contribution is 2.20. The molecular weight excluding hydrogens is 356 g/mol. The average Bonchev–Trinajstić information content (AvgIpc) is 2.53. The van der Waals surface area contributed by atoms with E-state index in [0.29, 0.717) is 16.4 Å². The van der Waals surface area contributed by atoms with Gasteiger partial charge in [0.1, 0.15) is 11.6 Å². The van der Waals surface area contributed by atoms with E-state index in [4.69, 9.17) is 16.3 Å². The van der Waals surface area contributed by atoms with E-state index in [-0.39, 0.29) is 6.42 Å². The quantitative estimate of drug-likeness (QED) is 0.825. The molecule has 0 aliphatic heterocycles. The number of benzene rings is 1. The van der Waals surface area contributed by atoms with Crippen LogP contribution in [0, 0.1) is 0 Å². The van der Waals surface area contributed by atoms with Crippen LogP contribution in [0.5, 0.6) is 0 Å². The van der Waals surface area contributed by atoms with E-state index >= 15 is 0 Å². The smallest absolute Gasteiger partial charge is 0.408 e. The van der Waals surface area contributed by atoms with Crippen LogP contribution in [0.15, 0.2) is 42.5 Å². The van der Waals surface area contributed by atoms with Crippen molar-refractivity contribution >= 4 is 23.7 Å². The highest BCUT2D eigenvalue weighted by Gasteiger charge is 2.24. The van der Waals surface area contributed by atoms with Gasteiger partial charge in [0, 0.05) is 22.7 Å². The molecule has 1 aromatic heterocycles. The van der Waals surface area contributed by atoms with Crippen molar-refractivity contribution in [1.82, 2.24) is 10.3 Å². The van der Waals surface area contributed by atoms with Crippen LogP contribution in [0.1, 0.15) is 26.5 Å². The molecule has 0 fully saturated rings. The minimum absolute atomic E-state index is 0.0377. The molecule has 138 valence electrons. The second-order valence-electron chi connectivity index (χ2n) is 6.76. The Kier molecular flexibility index (Phi) is 6.21. The Bertz CT molecular complexity index is 785. The lowest BCUT2D eigenvalue weighted by Crippen LogP contribution is -2.44. The molecule has 7 heteroatoms. The number of carboxylic acids is 1. The largest absolute Gasteiger partial charge is 0.480 e. The maximum atomic E-state index is 11.9. The number of aliphatic carboxylic acids is 1. The highest BCUT2D eigenvalue weighted by atomic mass is 35.5. The Morgan fingerprint density at radius 2 is 1.85 bits per heavy atom. The summed E-state index contributed by atoms with van der Waals surface area (Å²) in [6.07, 6.45) is -0.741. The Morgan fingerprint density at radius 3 is 2.42 bits per heavy atom. The summed E-state index contributed by atoms with van der Waals surface area (Å²) in [5.41, 5.74) is 1.39. The summed E-state index contributed by atoms with van der Waals surface area (Å²) in [5.74, 6) is -1.16. The van der Waals surface area contributed by atoms with Gasteiger partial charge in [-0.25, -0.2) is 9.59 Å². The average molecular weight is 377 g/mol. The number of carbonyl (C=O) groups is 2. The third kappa shape index (κ3) is 6.04. The fourth-order valence-corrected chi connectivity index (χ4v) is 2.36. The number of halogens is 1. The molecule has 2 aromatic rings. The molecule has 1 amide bonds. The monoisotopic (exact) mass is 376 g/mol. The molecule has 0 saturated carbocycles. The van der Waals surface area contributed by atoms with Crippen LogP contribution in [0.2, 0.25) is 5.02 Å². The Morgan fingerprint density at radius 1 is 1.19 bits per heavy atom. The maximum absolute atomic E-state index is 11.9. The minimum atomic E-state index is -1.16. The molecule has 1 atom stereocenters. The number of nitrogens with zero attached hydrogens (tertiary/aromatic N) is 1. The second kappa shape index (κ2) is 8.19. The van der Waals surface area contributed by atoms with Gasteiger partial charge in [-0.15, -0.1) is 0 Å². The number of rotatable bonds is 5. The molecule has 0 radical (unpaired) electrons. The van der Waals surface area contributed by atoms with E-state index in [1.807, 2.05) is 18.2 Å². The molecule has 1 aromatic carbocycles. The van der Waals surface area contributed by atoms with Crippen LogP contribution >= 0.6 is 11.6 Å². The summed E-state index contributed by atoms with van der Waals surface area (Å²) in [4.78, 5) is 27.8. The number of carbonyl (C=O) groups excluding carboxylic acids is 1. The number of carboxylic acid groups (broad SMARTS) is 1. The predicted molar refractivity (Wildman–Crippen MR) is 99.2 cm³/mol. The van der Waals surface area contributed by atoms with Gasteiger partial charge in [0.25, 0.3) is 0 Å². The zero-order chi connectivity index (χ0) is 19.3. The standard InChI is InChI=1S/C19H21ClN2O4/c1-19(2,3)26-18(25)22-16(17(23)24)11-14-5-4-6-15(21-14)12-7-9-13(20)10-8-12/h4-10,16H,11H2,1-3H3,(H,22,25)(H,23,24). The van der Waals surface area contributed by atoms with E-state index in [9.17, 15) is 14.7 Å². The molecular formula is C19H21ClN2O4. The van der Waals surface area contributed by atoms with Gasteiger partial charge in [-0.05, 0) is 45.0 Å². The van der Waals surface area contributed by atoms with Crippen molar-refractivity contribution in [2.75, 3.05) is 0 Å². The van der Waals surface area contributed by atoms with Gasteiger partial charge in [0.2, 0.25) is 0 Å². The van der Waals surface area contributed by atoms with Crippen LogP contribution in [-0.4, -0.2) is 33.8 Å². The number of hydrogen-bond acceptors (Lipinski definition) is 4. The lowest BCUT2D eigenvalue weighted by Gasteiger charge is -2.22. The summed E-state index contributed by atoms with van der Waals surface area (Å²) in [6, 6.07) is 11.4. The minimum Gasteiger partial charge on any atom is -0.480 e. The fourth-order valence-electron chi connectivity index (χ4n) is 2.23. The van der Waals surface area contributed by atoms with Crippen molar-refractivity contribution in [3.05, 3.63) is 53.2 Å². The number of pyridine rings is 1. The molecule has 0 spiro atoms. The summed E-state index contributed by atoms with van der Waals surface area (Å²) in [7, 11) is 0. The van der Waals surface area contributed by atoms with E-state index < -0.39 is 23.7 Å². The molecule has 6 nitrogen and oxygen atoms in total. The van der Waals surface area contributed by atoms with E-state index in [0.717, 1.165) is 5.56 Å². The number of aromatic nitrogens is 1. The van der Waals surface area contributed by atoms with Gasteiger partial charge in [-0.2, -0.15) is 0 Å². The first-order valence-electron chi connectivity index (χ1n) is 8.08. The molecule has 2 rings (SSSR count). The van der Waals surface area contributed by atoms with Crippen molar-refractivity contribution in [3.63, 3.8) is 0 Å². The number of alkyl carbamates (subject to hydrolysis) is 1. The van der Waals surface area contributed by atoms with E-state index in [1.165, 1.54) is 0 Å². The SMILES string of the molecule is CC(C)(C)OC(=O)NC(Cc1cccc(-c2ccc(Cl)cc2)n1)C(=O)O. The molecule has 0 aliphatic rings. The van der Waals surface area contributed by atoms with Gasteiger partial charge >= 0.3 is 12.1 Å². The predicted octanol–water partition coefficient (Wildman–Crippen LogP) is 3.92. The lowest BCUT2D eigenvalue weighted by molar-refractivity contribution is -0.139. The first kappa shape index (κ1) is 19.7. The molecule has 1 heterocycles. The number of hydrogen-bond donors (Lipinski definition) is 2. The Labute approximate surface area is 157 Å². The van der Waals surface area contributed by atoms with Gasteiger partial charge in [-0.1, -0.05) is 29.8 Å².